The Morgan fingerprint density at radius 2 is 2.09 bits per heavy atom. The lowest BCUT2D eigenvalue weighted by atomic mass is 9.79. The summed E-state index contributed by atoms with van der Waals surface area (Å²) in [4.78, 5) is 22.7. The number of ether oxygens (including phenoxy) is 1. The molecular weight excluding hydrogens is 286 g/mol. The molecule has 1 amide bonds. The van der Waals surface area contributed by atoms with Crippen LogP contribution < -0.4 is 10.6 Å². The number of nitro benzene ring substituents is 1. The molecule has 2 rings (SSSR count). The van der Waals surface area contributed by atoms with Crippen LogP contribution in [-0.4, -0.2) is 44.2 Å². The van der Waals surface area contributed by atoms with Gasteiger partial charge in [-0.3, -0.25) is 14.9 Å². The first-order valence-corrected chi connectivity index (χ1v) is 7.29. The van der Waals surface area contributed by atoms with Crippen LogP contribution in [-0.2, 0) is 4.74 Å². The van der Waals surface area contributed by atoms with E-state index >= 15 is 0 Å². The molecule has 0 aromatic heterocycles. The highest BCUT2D eigenvalue weighted by Gasteiger charge is 2.33. The van der Waals surface area contributed by atoms with E-state index in [-0.39, 0.29) is 16.7 Å². The zero-order valence-corrected chi connectivity index (χ0v) is 12.6. The maximum absolute atomic E-state index is 12.3. The van der Waals surface area contributed by atoms with Crippen LogP contribution in [0.25, 0.3) is 0 Å². The van der Waals surface area contributed by atoms with Crippen LogP contribution in [0.1, 0.15) is 23.2 Å². The number of amides is 1. The van der Waals surface area contributed by atoms with Gasteiger partial charge in [0.05, 0.1) is 11.5 Å². The van der Waals surface area contributed by atoms with Crippen molar-refractivity contribution in [3.63, 3.8) is 0 Å². The Balaban J connectivity index is 2.07. The molecule has 1 saturated heterocycles. The van der Waals surface area contributed by atoms with Gasteiger partial charge in [0, 0.05) is 25.1 Å². The number of benzene rings is 1. The van der Waals surface area contributed by atoms with E-state index in [1.165, 1.54) is 12.1 Å². The Labute approximate surface area is 129 Å². The molecule has 120 valence electrons. The van der Waals surface area contributed by atoms with Gasteiger partial charge in [-0.15, -0.1) is 0 Å². The molecule has 0 unspecified atom stereocenters. The second kappa shape index (κ2) is 7.33. The van der Waals surface area contributed by atoms with Gasteiger partial charge in [-0.1, -0.05) is 12.1 Å². The SMILES string of the molecule is COCC1(CNC(=O)c2ccccc2[N+](=O)[O-])CCNCC1. The summed E-state index contributed by atoms with van der Waals surface area (Å²) in [6, 6.07) is 5.98. The number of hydrogen-bond acceptors (Lipinski definition) is 5. The first kappa shape index (κ1) is 16.4. The standard InChI is InChI=1S/C15H21N3O4/c1-22-11-15(6-8-16-9-7-15)10-17-14(19)12-4-2-3-5-13(12)18(20)21/h2-5,16H,6-11H2,1H3,(H,17,19). The average molecular weight is 307 g/mol. The van der Waals surface area contributed by atoms with Crippen molar-refractivity contribution in [2.75, 3.05) is 33.4 Å². The van der Waals surface area contributed by atoms with Crippen LogP contribution >= 0.6 is 0 Å². The first-order valence-electron chi connectivity index (χ1n) is 7.29. The predicted octanol–water partition coefficient (Wildman–Crippen LogP) is 1.34. The van der Waals surface area contributed by atoms with E-state index in [9.17, 15) is 14.9 Å². The summed E-state index contributed by atoms with van der Waals surface area (Å²) in [5.74, 6) is -0.415. The largest absolute Gasteiger partial charge is 0.384 e. The fourth-order valence-electron chi connectivity index (χ4n) is 2.82. The number of methoxy groups -OCH3 is 1. The van der Waals surface area contributed by atoms with Crippen molar-refractivity contribution in [2.45, 2.75) is 12.8 Å². The Morgan fingerprint density at radius 1 is 1.41 bits per heavy atom. The van der Waals surface area contributed by atoms with Crippen LogP contribution in [0.5, 0.6) is 0 Å². The van der Waals surface area contributed by atoms with Crippen LogP contribution in [0, 0.1) is 15.5 Å². The van der Waals surface area contributed by atoms with Crippen molar-refractivity contribution < 1.29 is 14.5 Å². The lowest BCUT2D eigenvalue weighted by molar-refractivity contribution is -0.385. The first-order chi connectivity index (χ1) is 10.6. The number of piperidine rings is 1. The second-order valence-corrected chi connectivity index (χ2v) is 5.64. The van der Waals surface area contributed by atoms with Crippen molar-refractivity contribution in [3.8, 4) is 0 Å². The molecule has 1 fully saturated rings. The third-order valence-corrected chi connectivity index (χ3v) is 4.08. The van der Waals surface area contributed by atoms with Crippen molar-refractivity contribution in [1.82, 2.24) is 10.6 Å². The summed E-state index contributed by atoms with van der Waals surface area (Å²) >= 11 is 0. The van der Waals surface area contributed by atoms with Gasteiger partial charge >= 0.3 is 0 Å². The molecule has 7 heteroatoms. The summed E-state index contributed by atoms with van der Waals surface area (Å²) in [6.45, 7) is 2.77. The molecule has 2 N–H and O–H groups in total. The van der Waals surface area contributed by atoms with Crippen molar-refractivity contribution >= 4 is 11.6 Å². The van der Waals surface area contributed by atoms with Crippen molar-refractivity contribution in [3.05, 3.63) is 39.9 Å². The number of hydrogen-bond donors (Lipinski definition) is 2. The summed E-state index contributed by atoms with van der Waals surface area (Å²) in [5.41, 5.74) is -0.195. The van der Waals surface area contributed by atoms with E-state index in [1.807, 2.05) is 0 Å². The number of nitrogens with zero attached hydrogens (tertiary/aromatic N) is 1. The van der Waals surface area contributed by atoms with Crippen LogP contribution in [0.4, 0.5) is 5.69 Å². The zero-order chi connectivity index (χ0) is 16.0. The summed E-state index contributed by atoms with van der Waals surface area (Å²) in [7, 11) is 1.65. The van der Waals surface area contributed by atoms with E-state index in [4.69, 9.17) is 4.74 Å². The van der Waals surface area contributed by atoms with Gasteiger partial charge in [-0.2, -0.15) is 0 Å². The molecule has 0 spiro atoms. The minimum absolute atomic E-state index is 0.0917. The fourth-order valence-corrected chi connectivity index (χ4v) is 2.82. The molecule has 22 heavy (non-hydrogen) atoms. The van der Waals surface area contributed by atoms with Crippen molar-refractivity contribution in [2.24, 2.45) is 5.41 Å². The highest BCUT2D eigenvalue weighted by atomic mass is 16.6. The monoisotopic (exact) mass is 307 g/mol. The molecular formula is C15H21N3O4. The van der Waals surface area contributed by atoms with E-state index in [1.54, 1.807) is 19.2 Å². The molecule has 0 atom stereocenters. The molecule has 7 nitrogen and oxygen atoms in total. The van der Waals surface area contributed by atoms with E-state index in [2.05, 4.69) is 10.6 Å². The number of nitrogens with one attached hydrogen (secondary N) is 2. The van der Waals surface area contributed by atoms with Gasteiger partial charge in [-0.25, -0.2) is 0 Å². The molecule has 0 aliphatic carbocycles. The third-order valence-electron chi connectivity index (χ3n) is 4.08. The summed E-state index contributed by atoms with van der Waals surface area (Å²) < 4.78 is 5.30. The third kappa shape index (κ3) is 3.80. The summed E-state index contributed by atoms with van der Waals surface area (Å²) in [5, 5.41) is 17.1. The molecule has 1 heterocycles. The zero-order valence-electron chi connectivity index (χ0n) is 12.6. The van der Waals surface area contributed by atoms with Gasteiger partial charge in [0.15, 0.2) is 0 Å². The topological polar surface area (TPSA) is 93.5 Å². The molecule has 0 bridgehead atoms. The maximum atomic E-state index is 12.3. The number of carbonyl (C=O) groups is 1. The highest BCUT2D eigenvalue weighted by Crippen LogP contribution is 2.28. The van der Waals surface area contributed by atoms with Crippen LogP contribution in [0.2, 0.25) is 0 Å². The van der Waals surface area contributed by atoms with Gasteiger partial charge in [-0.05, 0) is 32.0 Å². The Morgan fingerprint density at radius 3 is 2.73 bits per heavy atom. The van der Waals surface area contributed by atoms with Crippen LogP contribution in [0.15, 0.2) is 24.3 Å². The Kier molecular flexibility index (Phi) is 5.46. The minimum atomic E-state index is -0.537. The van der Waals surface area contributed by atoms with Crippen molar-refractivity contribution in [1.29, 1.82) is 0 Å². The molecule has 0 radical (unpaired) electrons. The van der Waals surface area contributed by atoms with Gasteiger partial charge in [0.25, 0.3) is 11.6 Å². The van der Waals surface area contributed by atoms with E-state index in [0.29, 0.717) is 13.2 Å². The van der Waals surface area contributed by atoms with Gasteiger partial charge in [0.1, 0.15) is 5.56 Å². The lowest BCUT2D eigenvalue weighted by Crippen LogP contribution is -2.47. The minimum Gasteiger partial charge on any atom is -0.384 e. The number of rotatable bonds is 6. The predicted molar refractivity (Wildman–Crippen MR) is 81.8 cm³/mol. The smallest absolute Gasteiger partial charge is 0.282 e. The molecule has 1 aliphatic rings. The number of carbonyl (C=O) groups excluding carboxylic acids is 1. The second-order valence-electron chi connectivity index (χ2n) is 5.64. The molecule has 1 aliphatic heterocycles. The molecule has 0 saturated carbocycles. The highest BCUT2D eigenvalue weighted by molar-refractivity contribution is 5.98. The van der Waals surface area contributed by atoms with E-state index in [0.717, 1.165) is 25.9 Å². The summed E-state index contributed by atoms with van der Waals surface area (Å²) in [6.07, 6.45) is 1.80. The lowest BCUT2D eigenvalue weighted by Gasteiger charge is -2.37. The Bertz CT molecular complexity index is 536. The van der Waals surface area contributed by atoms with Crippen LogP contribution in [0.3, 0.4) is 0 Å². The molecule has 1 aromatic rings. The van der Waals surface area contributed by atoms with E-state index < -0.39 is 10.8 Å². The molecule has 1 aromatic carbocycles. The van der Waals surface area contributed by atoms with Gasteiger partial charge < -0.3 is 15.4 Å². The Hall–Kier alpha value is -1.99. The number of nitro groups is 1. The fraction of sp³-hybridized carbons (Fsp3) is 0.533. The maximum Gasteiger partial charge on any atom is 0.282 e. The quantitative estimate of drug-likeness (QED) is 0.611. The normalized spacial score (nSPS) is 17.0. The van der Waals surface area contributed by atoms with Gasteiger partial charge in [0.2, 0.25) is 0 Å². The number of para-hydroxylation sites is 1. The average Bonchev–Trinajstić information content (AvgIpc) is 2.54.